The number of nitrogens with one attached hydrogen (secondary N) is 1. The predicted molar refractivity (Wildman–Crippen MR) is 59.1 cm³/mol. The maximum absolute atomic E-state index is 5.80. The van der Waals surface area contributed by atoms with E-state index < -0.39 is 0 Å². The molecule has 0 spiro atoms. The van der Waals surface area contributed by atoms with Gasteiger partial charge in [-0.1, -0.05) is 18.5 Å². The van der Waals surface area contributed by atoms with E-state index in [0.29, 0.717) is 5.15 Å². The van der Waals surface area contributed by atoms with Crippen LogP contribution in [-0.2, 0) is 4.74 Å². The zero-order valence-electron chi connectivity index (χ0n) is 8.66. The SMILES string of the molecule is CCC1(Nc2cc(Cl)ncn2)CCOC1. The third kappa shape index (κ3) is 2.38. The van der Waals surface area contributed by atoms with E-state index in [-0.39, 0.29) is 5.54 Å². The van der Waals surface area contributed by atoms with Gasteiger partial charge < -0.3 is 10.1 Å². The second-order valence-corrected chi connectivity index (χ2v) is 4.17. The molecule has 1 unspecified atom stereocenters. The van der Waals surface area contributed by atoms with Crippen LogP contribution in [0.2, 0.25) is 5.15 Å². The fraction of sp³-hybridized carbons (Fsp3) is 0.600. The Kier molecular flexibility index (Phi) is 3.07. The Bertz CT molecular complexity index is 339. The molecule has 1 N–H and O–H groups in total. The number of hydrogen-bond acceptors (Lipinski definition) is 4. The van der Waals surface area contributed by atoms with Gasteiger partial charge in [0.05, 0.1) is 12.1 Å². The van der Waals surface area contributed by atoms with Gasteiger partial charge in [-0.25, -0.2) is 9.97 Å². The smallest absolute Gasteiger partial charge is 0.134 e. The van der Waals surface area contributed by atoms with Gasteiger partial charge in [-0.05, 0) is 12.8 Å². The molecule has 15 heavy (non-hydrogen) atoms. The quantitative estimate of drug-likeness (QED) is 0.804. The Morgan fingerprint density at radius 3 is 3.07 bits per heavy atom. The molecule has 1 aromatic heterocycles. The lowest BCUT2D eigenvalue weighted by Gasteiger charge is -2.27. The highest BCUT2D eigenvalue weighted by molar-refractivity contribution is 6.29. The summed E-state index contributed by atoms with van der Waals surface area (Å²) in [6.45, 7) is 3.68. The molecule has 0 bridgehead atoms. The molecular weight excluding hydrogens is 214 g/mol. The van der Waals surface area contributed by atoms with Crippen LogP contribution in [0.1, 0.15) is 19.8 Å². The summed E-state index contributed by atoms with van der Waals surface area (Å²) in [5.41, 5.74) is 0.0116. The summed E-state index contributed by atoms with van der Waals surface area (Å²) in [5.74, 6) is 0.766. The first-order valence-electron chi connectivity index (χ1n) is 5.08. The lowest BCUT2D eigenvalue weighted by molar-refractivity contribution is 0.181. The van der Waals surface area contributed by atoms with Crippen LogP contribution >= 0.6 is 11.6 Å². The summed E-state index contributed by atoms with van der Waals surface area (Å²) >= 11 is 5.80. The van der Waals surface area contributed by atoms with E-state index in [1.54, 1.807) is 6.07 Å². The van der Waals surface area contributed by atoms with E-state index in [2.05, 4.69) is 22.2 Å². The van der Waals surface area contributed by atoms with E-state index >= 15 is 0 Å². The van der Waals surface area contributed by atoms with Crippen molar-refractivity contribution in [2.24, 2.45) is 0 Å². The van der Waals surface area contributed by atoms with Crippen LogP contribution in [0.5, 0.6) is 0 Å². The molecule has 0 aliphatic carbocycles. The zero-order valence-corrected chi connectivity index (χ0v) is 9.42. The summed E-state index contributed by atoms with van der Waals surface area (Å²) in [5, 5.41) is 3.84. The summed E-state index contributed by atoms with van der Waals surface area (Å²) in [7, 11) is 0. The number of anilines is 1. The second-order valence-electron chi connectivity index (χ2n) is 3.79. The normalized spacial score (nSPS) is 25.5. The molecule has 1 atom stereocenters. The summed E-state index contributed by atoms with van der Waals surface area (Å²) < 4.78 is 5.41. The highest BCUT2D eigenvalue weighted by Crippen LogP contribution is 2.26. The van der Waals surface area contributed by atoms with Gasteiger partial charge in [0.1, 0.15) is 17.3 Å². The topological polar surface area (TPSA) is 47.0 Å². The molecule has 1 saturated heterocycles. The van der Waals surface area contributed by atoms with Crippen molar-refractivity contribution in [2.45, 2.75) is 25.3 Å². The summed E-state index contributed by atoms with van der Waals surface area (Å²) in [6.07, 6.45) is 3.48. The lowest BCUT2D eigenvalue weighted by Crippen LogP contribution is -2.38. The van der Waals surface area contributed by atoms with Gasteiger partial charge in [0, 0.05) is 12.7 Å². The van der Waals surface area contributed by atoms with Gasteiger partial charge in [-0.15, -0.1) is 0 Å². The number of halogens is 1. The van der Waals surface area contributed by atoms with Crippen molar-refractivity contribution in [1.82, 2.24) is 9.97 Å². The second kappa shape index (κ2) is 4.33. The van der Waals surface area contributed by atoms with Gasteiger partial charge in [0.25, 0.3) is 0 Å². The van der Waals surface area contributed by atoms with Gasteiger partial charge in [-0.3, -0.25) is 0 Å². The monoisotopic (exact) mass is 227 g/mol. The molecule has 0 saturated carbocycles. The zero-order chi connectivity index (χ0) is 10.7. The first kappa shape index (κ1) is 10.6. The lowest BCUT2D eigenvalue weighted by atomic mass is 9.95. The Morgan fingerprint density at radius 1 is 1.60 bits per heavy atom. The van der Waals surface area contributed by atoms with Gasteiger partial charge >= 0.3 is 0 Å². The maximum Gasteiger partial charge on any atom is 0.134 e. The number of aromatic nitrogens is 2. The highest BCUT2D eigenvalue weighted by atomic mass is 35.5. The molecule has 1 aliphatic heterocycles. The van der Waals surface area contributed by atoms with Crippen molar-refractivity contribution in [3.8, 4) is 0 Å². The Morgan fingerprint density at radius 2 is 2.47 bits per heavy atom. The van der Waals surface area contributed by atoms with Crippen LogP contribution in [0.3, 0.4) is 0 Å². The number of hydrogen-bond donors (Lipinski definition) is 1. The van der Waals surface area contributed by atoms with Crippen molar-refractivity contribution < 1.29 is 4.74 Å². The molecule has 4 nitrogen and oxygen atoms in total. The Balaban J connectivity index is 2.12. The van der Waals surface area contributed by atoms with E-state index in [1.165, 1.54) is 6.33 Å². The van der Waals surface area contributed by atoms with Crippen LogP contribution in [0, 0.1) is 0 Å². The van der Waals surface area contributed by atoms with Crippen LogP contribution in [0.25, 0.3) is 0 Å². The largest absolute Gasteiger partial charge is 0.379 e. The van der Waals surface area contributed by atoms with Crippen LogP contribution in [0.15, 0.2) is 12.4 Å². The summed E-state index contributed by atoms with van der Waals surface area (Å²) in [6, 6.07) is 1.73. The molecule has 0 radical (unpaired) electrons. The highest BCUT2D eigenvalue weighted by Gasteiger charge is 2.33. The van der Waals surface area contributed by atoms with E-state index in [4.69, 9.17) is 16.3 Å². The van der Waals surface area contributed by atoms with Crippen LogP contribution in [-0.4, -0.2) is 28.7 Å². The van der Waals surface area contributed by atoms with E-state index in [0.717, 1.165) is 31.9 Å². The molecule has 0 aromatic carbocycles. The average molecular weight is 228 g/mol. The molecule has 1 aliphatic rings. The number of nitrogens with zero attached hydrogens (tertiary/aromatic N) is 2. The summed E-state index contributed by atoms with van der Waals surface area (Å²) in [4.78, 5) is 7.98. The molecule has 2 heterocycles. The van der Waals surface area contributed by atoms with Gasteiger partial charge in [0.2, 0.25) is 0 Å². The minimum Gasteiger partial charge on any atom is -0.379 e. The number of ether oxygens (including phenoxy) is 1. The predicted octanol–water partition coefficient (Wildman–Crippen LogP) is 2.11. The fourth-order valence-electron chi connectivity index (χ4n) is 1.75. The van der Waals surface area contributed by atoms with Crippen LogP contribution in [0.4, 0.5) is 5.82 Å². The van der Waals surface area contributed by atoms with Crippen molar-refractivity contribution in [2.75, 3.05) is 18.5 Å². The Labute approximate surface area is 94.0 Å². The number of rotatable bonds is 3. The van der Waals surface area contributed by atoms with Gasteiger partial charge in [0.15, 0.2) is 0 Å². The minimum atomic E-state index is 0.0116. The van der Waals surface area contributed by atoms with Crippen molar-refractivity contribution in [3.63, 3.8) is 0 Å². The van der Waals surface area contributed by atoms with E-state index in [1.807, 2.05) is 0 Å². The molecule has 1 fully saturated rings. The van der Waals surface area contributed by atoms with Crippen molar-refractivity contribution in [1.29, 1.82) is 0 Å². The van der Waals surface area contributed by atoms with Crippen LogP contribution < -0.4 is 5.32 Å². The molecular formula is C10H14ClN3O. The third-order valence-electron chi connectivity index (χ3n) is 2.81. The molecule has 0 amide bonds. The third-order valence-corrected chi connectivity index (χ3v) is 3.01. The minimum absolute atomic E-state index is 0.0116. The standard InChI is InChI=1S/C10H14ClN3O/c1-2-10(3-4-15-6-10)14-9-5-8(11)12-7-13-9/h5,7H,2-4,6H2,1H3,(H,12,13,14). The first-order chi connectivity index (χ1) is 7.24. The first-order valence-corrected chi connectivity index (χ1v) is 5.45. The average Bonchev–Trinajstić information content (AvgIpc) is 2.67. The van der Waals surface area contributed by atoms with Crippen molar-refractivity contribution >= 4 is 17.4 Å². The molecule has 5 heteroatoms. The fourth-order valence-corrected chi connectivity index (χ4v) is 1.89. The Hall–Kier alpha value is -0.870. The van der Waals surface area contributed by atoms with Gasteiger partial charge in [-0.2, -0.15) is 0 Å². The molecule has 1 aromatic rings. The molecule has 82 valence electrons. The molecule has 2 rings (SSSR count). The van der Waals surface area contributed by atoms with E-state index in [9.17, 15) is 0 Å². The van der Waals surface area contributed by atoms with Crippen molar-refractivity contribution in [3.05, 3.63) is 17.5 Å². The maximum atomic E-state index is 5.80.